The zero-order valence-electron chi connectivity index (χ0n) is 11.2. The zero-order chi connectivity index (χ0) is 12.1. The van der Waals surface area contributed by atoms with Gasteiger partial charge in [0.2, 0.25) is 0 Å². The van der Waals surface area contributed by atoms with Gasteiger partial charge in [0.05, 0.1) is 0 Å². The minimum Gasteiger partial charge on any atom is -0.300 e. The molecule has 2 rings (SSSR count). The summed E-state index contributed by atoms with van der Waals surface area (Å²) in [6, 6.07) is 0. The molecule has 1 nitrogen and oxygen atoms in total. The minimum atomic E-state index is 0.215. The van der Waals surface area contributed by atoms with Crippen molar-refractivity contribution in [3.05, 3.63) is 12.2 Å². The number of carbonyl (C=O) groups excluding carboxylic acids is 1. The summed E-state index contributed by atoms with van der Waals surface area (Å²) in [4.78, 5) is 11.7. The van der Waals surface area contributed by atoms with Crippen molar-refractivity contribution >= 4 is 5.78 Å². The summed E-state index contributed by atoms with van der Waals surface area (Å²) in [6.07, 6.45) is 16.9. The highest BCUT2D eigenvalue weighted by Gasteiger charge is 2.31. The Kier molecular flexibility index (Phi) is 4.42. The van der Waals surface area contributed by atoms with Gasteiger partial charge in [-0.2, -0.15) is 0 Å². The number of hydrogen-bond acceptors (Lipinski definition) is 1. The predicted octanol–water partition coefficient (Wildman–Crippen LogP) is 4.66. The van der Waals surface area contributed by atoms with Crippen LogP contribution in [0.5, 0.6) is 0 Å². The molecule has 2 aliphatic rings. The molecule has 2 fully saturated rings. The van der Waals surface area contributed by atoms with E-state index in [0.29, 0.717) is 5.78 Å². The van der Waals surface area contributed by atoms with Crippen LogP contribution in [0.4, 0.5) is 0 Å². The normalized spacial score (nSPS) is 32.2. The fourth-order valence-electron chi connectivity index (χ4n) is 3.44. The molecule has 1 atom stereocenters. The topological polar surface area (TPSA) is 17.1 Å². The first-order chi connectivity index (χ1) is 8.24. The highest BCUT2D eigenvalue weighted by atomic mass is 16.1. The summed E-state index contributed by atoms with van der Waals surface area (Å²) in [5.41, 5.74) is 0.215. The van der Waals surface area contributed by atoms with Crippen LogP contribution in [0.3, 0.4) is 0 Å². The Balaban J connectivity index is 1.97. The van der Waals surface area contributed by atoms with Gasteiger partial charge < -0.3 is 0 Å². The Bertz CT molecular complexity index is 286. The molecule has 2 saturated carbocycles. The molecular formula is C16H26O. The Labute approximate surface area is 106 Å². The molecule has 96 valence electrons. The van der Waals surface area contributed by atoms with Crippen molar-refractivity contribution in [3.8, 4) is 0 Å². The molecule has 0 saturated heterocycles. The fourth-order valence-corrected chi connectivity index (χ4v) is 3.44. The molecule has 1 heteroatoms. The van der Waals surface area contributed by atoms with Crippen LogP contribution < -0.4 is 0 Å². The fraction of sp³-hybridized carbons (Fsp3) is 0.812. The second-order valence-electron chi connectivity index (χ2n) is 6.04. The van der Waals surface area contributed by atoms with E-state index >= 15 is 0 Å². The Morgan fingerprint density at radius 1 is 1.24 bits per heavy atom. The van der Waals surface area contributed by atoms with Gasteiger partial charge >= 0.3 is 0 Å². The van der Waals surface area contributed by atoms with Crippen molar-refractivity contribution in [2.45, 2.75) is 71.1 Å². The Morgan fingerprint density at radius 2 is 2.00 bits per heavy atom. The number of rotatable bonds is 3. The Hall–Kier alpha value is -0.590. The van der Waals surface area contributed by atoms with E-state index in [1.807, 2.05) is 0 Å². The summed E-state index contributed by atoms with van der Waals surface area (Å²) in [7, 11) is 0. The van der Waals surface area contributed by atoms with Crippen LogP contribution in [0.1, 0.15) is 71.1 Å². The standard InChI is InChI=1S/C16H26O/c1-2-16(11-6-9-15(17)13-16)12-10-14-7-4-3-5-8-14/h10,12,14H,2-9,11,13H2,1H3/b12-10+/t16-/m1/s1. The summed E-state index contributed by atoms with van der Waals surface area (Å²) >= 11 is 0. The van der Waals surface area contributed by atoms with Gasteiger partial charge in [0.1, 0.15) is 5.78 Å². The van der Waals surface area contributed by atoms with Crippen molar-refractivity contribution in [2.75, 3.05) is 0 Å². The highest BCUT2D eigenvalue weighted by molar-refractivity contribution is 5.80. The summed E-state index contributed by atoms with van der Waals surface area (Å²) in [5, 5.41) is 0. The van der Waals surface area contributed by atoms with Gasteiger partial charge in [-0.25, -0.2) is 0 Å². The molecule has 0 radical (unpaired) electrons. The van der Waals surface area contributed by atoms with Gasteiger partial charge in [0, 0.05) is 12.8 Å². The van der Waals surface area contributed by atoms with Crippen molar-refractivity contribution in [3.63, 3.8) is 0 Å². The number of carbonyl (C=O) groups is 1. The monoisotopic (exact) mass is 234 g/mol. The molecule has 0 bridgehead atoms. The molecule has 0 heterocycles. The number of allylic oxidation sites excluding steroid dienone is 2. The van der Waals surface area contributed by atoms with Gasteiger partial charge in [-0.3, -0.25) is 4.79 Å². The maximum absolute atomic E-state index is 11.7. The molecule has 0 aromatic rings. The van der Waals surface area contributed by atoms with E-state index in [1.54, 1.807) is 0 Å². The number of Topliss-reactive ketones (excluding diaryl/α,β-unsaturated/α-hetero) is 1. The molecule has 0 amide bonds. The largest absolute Gasteiger partial charge is 0.300 e. The lowest BCUT2D eigenvalue weighted by atomic mass is 9.71. The third kappa shape index (κ3) is 3.43. The molecule has 0 aromatic heterocycles. The second kappa shape index (κ2) is 5.84. The van der Waals surface area contributed by atoms with E-state index in [0.717, 1.165) is 31.6 Å². The smallest absolute Gasteiger partial charge is 0.133 e. The zero-order valence-corrected chi connectivity index (χ0v) is 11.2. The van der Waals surface area contributed by atoms with Gasteiger partial charge in [0.15, 0.2) is 0 Å². The third-order valence-electron chi connectivity index (χ3n) is 4.76. The second-order valence-corrected chi connectivity index (χ2v) is 6.04. The van der Waals surface area contributed by atoms with Crippen LogP contribution in [0, 0.1) is 11.3 Å². The average molecular weight is 234 g/mol. The van der Waals surface area contributed by atoms with Crippen LogP contribution in [0.25, 0.3) is 0 Å². The first kappa shape index (κ1) is 12.9. The van der Waals surface area contributed by atoms with E-state index < -0.39 is 0 Å². The van der Waals surface area contributed by atoms with Crippen LogP contribution in [-0.4, -0.2) is 5.78 Å². The van der Waals surface area contributed by atoms with Gasteiger partial charge in [-0.05, 0) is 43.4 Å². The van der Waals surface area contributed by atoms with E-state index in [1.165, 1.54) is 38.5 Å². The molecule has 17 heavy (non-hydrogen) atoms. The van der Waals surface area contributed by atoms with E-state index in [9.17, 15) is 4.79 Å². The summed E-state index contributed by atoms with van der Waals surface area (Å²) in [5.74, 6) is 1.27. The molecule has 0 aliphatic heterocycles. The van der Waals surface area contributed by atoms with Crippen molar-refractivity contribution in [2.24, 2.45) is 11.3 Å². The molecule has 0 unspecified atom stereocenters. The molecular weight excluding hydrogens is 208 g/mol. The van der Waals surface area contributed by atoms with Crippen LogP contribution in [0.2, 0.25) is 0 Å². The molecule has 2 aliphatic carbocycles. The van der Waals surface area contributed by atoms with Crippen LogP contribution in [-0.2, 0) is 4.79 Å². The lowest BCUT2D eigenvalue weighted by molar-refractivity contribution is -0.122. The maximum Gasteiger partial charge on any atom is 0.133 e. The van der Waals surface area contributed by atoms with Gasteiger partial charge in [-0.1, -0.05) is 38.3 Å². The lowest BCUT2D eigenvalue weighted by Crippen LogP contribution is -2.26. The van der Waals surface area contributed by atoms with E-state index in [4.69, 9.17) is 0 Å². The van der Waals surface area contributed by atoms with Crippen molar-refractivity contribution in [1.82, 2.24) is 0 Å². The van der Waals surface area contributed by atoms with E-state index in [2.05, 4.69) is 19.1 Å². The van der Waals surface area contributed by atoms with Crippen molar-refractivity contribution in [1.29, 1.82) is 0 Å². The van der Waals surface area contributed by atoms with Crippen molar-refractivity contribution < 1.29 is 4.79 Å². The van der Waals surface area contributed by atoms with Gasteiger partial charge in [0.25, 0.3) is 0 Å². The SMILES string of the molecule is CC[C@]1(/C=C/C2CCCCC2)CCCC(=O)C1. The number of ketones is 1. The minimum absolute atomic E-state index is 0.215. The quantitative estimate of drug-likeness (QED) is 0.649. The molecule has 0 N–H and O–H groups in total. The molecule has 0 spiro atoms. The summed E-state index contributed by atoms with van der Waals surface area (Å²) < 4.78 is 0. The van der Waals surface area contributed by atoms with Crippen LogP contribution in [0.15, 0.2) is 12.2 Å². The highest BCUT2D eigenvalue weighted by Crippen LogP contribution is 2.40. The predicted molar refractivity (Wildman–Crippen MR) is 71.9 cm³/mol. The number of hydrogen-bond donors (Lipinski definition) is 0. The Morgan fingerprint density at radius 3 is 2.65 bits per heavy atom. The first-order valence-corrected chi connectivity index (χ1v) is 7.45. The van der Waals surface area contributed by atoms with Gasteiger partial charge in [-0.15, -0.1) is 0 Å². The third-order valence-corrected chi connectivity index (χ3v) is 4.76. The molecule has 0 aromatic carbocycles. The van der Waals surface area contributed by atoms with E-state index in [-0.39, 0.29) is 5.41 Å². The summed E-state index contributed by atoms with van der Waals surface area (Å²) in [6.45, 7) is 2.24. The van der Waals surface area contributed by atoms with Crippen LogP contribution >= 0.6 is 0 Å². The first-order valence-electron chi connectivity index (χ1n) is 7.45. The lowest BCUT2D eigenvalue weighted by Gasteiger charge is -2.33. The average Bonchev–Trinajstić information content (AvgIpc) is 2.38. The maximum atomic E-state index is 11.7.